The van der Waals surface area contributed by atoms with E-state index in [1.165, 1.54) is 0 Å². The van der Waals surface area contributed by atoms with E-state index in [-0.39, 0.29) is 0 Å². The smallest absolute Gasteiger partial charge is 0.241 e. The normalized spacial score (nSPS) is 9.50. The molecule has 2 radical (unpaired) electrons. The van der Waals surface area contributed by atoms with Crippen LogP contribution in [0.4, 0.5) is 26.3 Å². The molecule has 0 saturated heterocycles. The minimum Gasteiger partial charge on any atom is -0.241 e. The van der Waals surface area contributed by atoms with Gasteiger partial charge in [-0.3, -0.25) is 0 Å². The summed E-state index contributed by atoms with van der Waals surface area (Å²) >= 11 is 0. The molecule has 0 fully saturated rings. The van der Waals surface area contributed by atoms with Crippen LogP contribution in [0.3, 0.4) is 0 Å². The van der Waals surface area contributed by atoms with Gasteiger partial charge in [0.1, 0.15) is 0 Å². The Hall–Kier alpha value is -0.680. The van der Waals surface area contributed by atoms with Crippen molar-refractivity contribution in [2.24, 2.45) is 0 Å². The molecule has 0 rings (SSSR count). The summed E-state index contributed by atoms with van der Waals surface area (Å²) < 4.78 is 62.6. The van der Waals surface area contributed by atoms with Crippen molar-refractivity contribution in [3.8, 4) is 0 Å². The molecule has 6 heteroatoms. The van der Waals surface area contributed by atoms with E-state index in [1.54, 1.807) is 0 Å². The van der Waals surface area contributed by atoms with Crippen LogP contribution in [0.2, 0.25) is 0 Å². The van der Waals surface area contributed by atoms with Gasteiger partial charge in [0.2, 0.25) is 0 Å². The van der Waals surface area contributed by atoms with Crippen LogP contribution in [0.15, 0.2) is 12.2 Å². The summed E-state index contributed by atoms with van der Waals surface area (Å²) in [6, 6.07) is 0. The van der Waals surface area contributed by atoms with Crippen LogP contribution in [-0.2, 0) is 0 Å². The summed E-state index contributed by atoms with van der Waals surface area (Å²) in [6.45, 7) is 0. The Morgan fingerprint density at radius 2 is 1.40 bits per heavy atom. The maximum absolute atomic E-state index is 10.8. The highest BCUT2D eigenvalue weighted by Crippen LogP contribution is 2.19. The number of hydrogen-bond acceptors (Lipinski definition) is 0. The molecule has 0 saturated carbocycles. The molecule has 0 aliphatic heterocycles. The van der Waals surface area contributed by atoms with E-state index in [0.717, 1.165) is 0 Å². The topological polar surface area (TPSA) is 0 Å². The zero-order chi connectivity index (χ0) is 8.78. The maximum atomic E-state index is 10.8. The molecular formula is C4H2F6. The Morgan fingerprint density at radius 3 is 1.40 bits per heavy atom. The van der Waals surface area contributed by atoms with Crippen LogP contribution < -0.4 is 0 Å². The van der Waals surface area contributed by atoms with E-state index in [4.69, 9.17) is 4.39 Å². The lowest BCUT2D eigenvalue weighted by Crippen LogP contribution is -2.00. The molecule has 0 bridgehead atoms. The van der Waals surface area contributed by atoms with Crippen molar-refractivity contribution in [1.29, 1.82) is 0 Å². The van der Waals surface area contributed by atoms with E-state index in [9.17, 15) is 22.0 Å². The Balaban J connectivity index is 0. The molecule has 60 valence electrons. The zero-order valence-electron chi connectivity index (χ0n) is 4.42. The molecule has 0 aliphatic carbocycles. The van der Waals surface area contributed by atoms with Gasteiger partial charge >= 0.3 is 6.18 Å². The van der Waals surface area contributed by atoms with Crippen LogP contribution in [0.1, 0.15) is 0 Å². The molecule has 0 spiro atoms. The fourth-order valence-electron chi connectivity index (χ4n) is 0.124. The molecule has 10 heavy (non-hydrogen) atoms. The zero-order valence-corrected chi connectivity index (χ0v) is 4.42. The van der Waals surface area contributed by atoms with Crippen molar-refractivity contribution in [2.75, 3.05) is 0 Å². The van der Waals surface area contributed by atoms with Crippen molar-refractivity contribution in [3.63, 3.8) is 0 Å². The predicted molar refractivity (Wildman–Crippen MR) is 21.8 cm³/mol. The molecule has 0 atom stereocenters. The number of halogens is 6. The molecule has 0 aliphatic rings. The highest BCUT2D eigenvalue weighted by molar-refractivity contribution is 4.87. The van der Waals surface area contributed by atoms with E-state index < -0.39 is 18.3 Å². The minimum absolute atomic E-state index is 1.06. The summed E-state index contributed by atoms with van der Waals surface area (Å²) in [7, 11) is 3.00. The predicted octanol–water partition coefficient (Wildman–Crippen LogP) is 2.95. The molecule has 0 amide bonds. The second kappa shape index (κ2) is 5.13. The van der Waals surface area contributed by atoms with Gasteiger partial charge in [-0.05, 0) is 0 Å². The third-order valence-corrected chi connectivity index (χ3v) is 0.273. The average Bonchev–Trinajstić information content (AvgIpc) is 1.64. The van der Waals surface area contributed by atoms with E-state index in [2.05, 4.69) is 7.18 Å². The maximum Gasteiger partial charge on any atom is 0.414 e. The summed E-state index contributed by atoms with van der Waals surface area (Å²) in [5, 5.41) is 0. The van der Waals surface area contributed by atoms with Gasteiger partial charge in [0, 0.05) is 0 Å². The van der Waals surface area contributed by atoms with E-state index >= 15 is 0 Å². The molecule has 0 nitrogen and oxygen atoms in total. The molecular weight excluding hydrogens is 162 g/mol. The number of alkyl halides is 3. The number of rotatable bonds is 0. The summed E-state index contributed by atoms with van der Waals surface area (Å²) in [5.74, 6) is 0. The van der Waals surface area contributed by atoms with Crippen molar-refractivity contribution in [1.82, 2.24) is 0 Å². The van der Waals surface area contributed by atoms with Crippen molar-refractivity contribution in [3.05, 3.63) is 19.3 Å². The van der Waals surface area contributed by atoms with Gasteiger partial charge in [-0.1, -0.05) is 0 Å². The monoisotopic (exact) mass is 164 g/mol. The molecule has 0 aromatic carbocycles. The average molecular weight is 164 g/mol. The van der Waals surface area contributed by atoms with Gasteiger partial charge < -0.3 is 0 Å². The van der Waals surface area contributed by atoms with Crippen molar-refractivity contribution < 1.29 is 26.3 Å². The Bertz CT molecular complexity index is 96.8. The quantitative estimate of drug-likeness (QED) is 0.483. The summed E-state index contributed by atoms with van der Waals surface area (Å²) in [4.78, 5) is 0. The van der Waals surface area contributed by atoms with Crippen LogP contribution >= 0.6 is 0 Å². The molecule has 0 unspecified atom stereocenters. The first-order valence-corrected chi connectivity index (χ1v) is 1.74. The van der Waals surface area contributed by atoms with E-state index in [0.29, 0.717) is 0 Å². The summed E-state index contributed by atoms with van der Waals surface area (Å²) in [5.41, 5.74) is 0. The Morgan fingerprint density at radius 1 is 1.10 bits per heavy atom. The van der Waals surface area contributed by atoms with Gasteiger partial charge in [0.15, 0.2) is 7.18 Å². The van der Waals surface area contributed by atoms with Crippen molar-refractivity contribution >= 4 is 0 Å². The number of allylic oxidation sites excluding steroid dienone is 1. The SMILES string of the molecule is FC(F)=CC(F)(F)F.[CH]F. The fraction of sp³-hybridized carbons (Fsp3) is 0.250. The third-order valence-electron chi connectivity index (χ3n) is 0.273. The van der Waals surface area contributed by atoms with Gasteiger partial charge in [-0.15, -0.1) is 0 Å². The van der Waals surface area contributed by atoms with Gasteiger partial charge in [0.05, 0.1) is 6.08 Å². The van der Waals surface area contributed by atoms with Crippen LogP contribution in [0, 0.1) is 7.18 Å². The largest absolute Gasteiger partial charge is 0.414 e. The Labute approximate surface area is 53.1 Å². The first kappa shape index (κ1) is 12.0. The first-order valence-electron chi connectivity index (χ1n) is 1.74. The molecule has 0 heterocycles. The van der Waals surface area contributed by atoms with E-state index in [1.807, 2.05) is 0 Å². The lowest BCUT2D eigenvalue weighted by Gasteiger charge is -1.93. The minimum atomic E-state index is -4.89. The fourth-order valence-corrected chi connectivity index (χ4v) is 0.124. The highest BCUT2D eigenvalue weighted by Gasteiger charge is 2.24. The molecule has 0 aromatic rings. The molecule has 0 N–H and O–H groups in total. The third kappa shape index (κ3) is 15.7. The second-order valence-electron chi connectivity index (χ2n) is 0.976. The standard InChI is InChI=1S/C3HF5.CHF/c4-2(5)1-3(6,7)8;1-2/h1H;1H. The first-order chi connectivity index (χ1) is 4.42. The second-order valence-corrected chi connectivity index (χ2v) is 0.976. The van der Waals surface area contributed by atoms with Crippen molar-refractivity contribution in [2.45, 2.75) is 6.18 Å². The number of hydrogen-bond donors (Lipinski definition) is 0. The lowest BCUT2D eigenvalue weighted by atomic mass is 10.6. The summed E-state index contributed by atoms with van der Waals surface area (Å²) in [6.07, 6.45) is -8.68. The van der Waals surface area contributed by atoms with Gasteiger partial charge in [-0.25, -0.2) is 4.39 Å². The Kier molecular flexibility index (Phi) is 6.18. The highest BCUT2D eigenvalue weighted by atomic mass is 19.4. The van der Waals surface area contributed by atoms with Crippen LogP contribution in [0.5, 0.6) is 0 Å². The van der Waals surface area contributed by atoms with Crippen LogP contribution in [0.25, 0.3) is 0 Å². The molecule has 0 aromatic heterocycles. The van der Waals surface area contributed by atoms with Crippen LogP contribution in [-0.4, -0.2) is 6.18 Å². The van der Waals surface area contributed by atoms with Gasteiger partial charge in [-0.2, -0.15) is 22.0 Å². The lowest BCUT2D eigenvalue weighted by molar-refractivity contribution is -0.0826. The van der Waals surface area contributed by atoms with Gasteiger partial charge in [0.25, 0.3) is 6.08 Å².